The SMILES string of the molecule is CCCCNc1ccc2c(n1)OC1(C=NS2(=O)=O)CC1. The molecule has 1 aromatic rings. The fraction of sp³-hybridized carbons (Fsp3) is 0.538. The van der Waals surface area contributed by atoms with Gasteiger partial charge in [0.1, 0.15) is 11.4 Å². The molecule has 7 heteroatoms. The van der Waals surface area contributed by atoms with Crippen molar-refractivity contribution >= 4 is 22.1 Å². The van der Waals surface area contributed by atoms with Crippen LogP contribution in [0.2, 0.25) is 0 Å². The van der Waals surface area contributed by atoms with Crippen LogP contribution in [-0.4, -0.2) is 31.8 Å². The number of aromatic nitrogens is 1. The average Bonchev–Trinajstić information content (AvgIpc) is 3.18. The van der Waals surface area contributed by atoms with Crippen molar-refractivity contribution in [1.29, 1.82) is 0 Å². The van der Waals surface area contributed by atoms with Crippen molar-refractivity contribution in [2.45, 2.75) is 43.1 Å². The molecule has 3 rings (SSSR count). The van der Waals surface area contributed by atoms with Crippen molar-refractivity contribution in [2.75, 3.05) is 11.9 Å². The van der Waals surface area contributed by atoms with E-state index in [1.54, 1.807) is 6.07 Å². The third-order valence-electron chi connectivity index (χ3n) is 3.41. The molecule has 2 aliphatic rings. The van der Waals surface area contributed by atoms with E-state index >= 15 is 0 Å². The van der Waals surface area contributed by atoms with Gasteiger partial charge in [-0.25, -0.2) is 0 Å². The summed E-state index contributed by atoms with van der Waals surface area (Å²) in [6, 6.07) is 3.15. The number of fused-ring (bicyclic) bond motifs is 1. The van der Waals surface area contributed by atoms with Gasteiger partial charge in [0.25, 0.3) is 10.0 Å². The van der Waals surface area contributed by atoms with Crippen molar-refractivity contribution in [2.24, 2.45) is 4.40 Å². The summed E-state index contributed by atoms with van der Waals surface area (Å²) < 4.78 is 33.5. The van der Waals surface area contributed by atoms with Crippen LogP contribution >= 0.6 is 0 Å². The van der Waals surface area contributed by atoms with Crippen LogP contribution in [0.5, 0.6) is 5.88 Å². The lowest BCUT2D eigenvalue weighted by molar-refractivity contribution is 0.238. The Bertz CT molecular complexity index is 651. The Hall–Kier alpha value is -1.63. The largest absolute Gasteiger partial charge is 0.464 e. The summed E-state index contributed by atoms with van der Waals surface area (Å²) >= 11 is 0. The van der Waals surface area contributed by atoms with Gasteiger partial charge in [0.15, 0.2) is 4.90 Å². The molecule has 1 N–H and O–H groups in total. The highest BCUT2D eigenvalue weighted by molar-refractivity contribution is 7.90. The van der Waals surface area contributed by atoms with Gasteiger partial charge >= 0.3 is 0 Å². The van der Waals surface area contributed by atoms with E-state index in [1.807, 2.05) is 0 Å². The highest BCUT2D eigenvalue weighted by Gasteiger charge is 2.47. The number of rotatable bonds is 4. The maximum atomic E-state index is 12.0. The summed E-state index contributed by atoms with van der Waals surface area (Å²) in [4.78, 5) is 4.32. The van der Waals surface area contributed by atoms with E-state index in [-0.39, 0.29) is 10.8 Å². The highest BCUT2D eigenvalue weighted by Crippen LogP contribution is 2.42. The topological polar surface area (TPSA) is 80.7 Å². The summed E-state index contributed by atoms with van der Waals surface area (Å²) in [6.07, 6.45) is 5.07. The summed E-state index contributed by atoms with van der Waals surface area (Å²) in [5.41, 5.74) is -0.562. The van der Waals surface area contributed by atoms with Gasteiger partial charge in [-0.05, 0) is 31.4 Å². The molecule has 108 valence electrons. The molecule has 1 aliphatic heterocycles. The molecule has 1 spiro atoms. The second-order valence-electron chi connectivity index (χ2n) is 5.16. The standard InChI is InChI=1S/C13H17N3O3S/c1-2-3-8-14-11-5-4-10-12(16-11)19-13(6-7-13)9-15-20(10,17)18/h4-5,9H,2-3,6-8H2,1H3,(H,14,16). The number of ether oxygens (including phenoxy) is 1. The zero-order chi connectivity index (χ0) is 14.2. The van der Waals surface area contributed by atoms with Crippen LogP contribution in [-0.2, 0) is 10.0 Å². The van der Waals surface area contributed by atoms with Crippen LogP contribution < -0.4 is 10.1 Å². The molecule has 0 unspecified atom stereocenters. The van der Waals surface area contributed by atoms with Crippen LogP contribution in [0.25, 0.3) is 0 Å². The van der Waals surface area contributed by atoms with Crippen LogP contribution in [0.4, 0.5) is 5.82 Å². The van der Waals surface area contributed by atoms with Gasteiger partial charge in [0, 0.05) is 6.54 Å². The summed E-state index contributed by atoms with van der Waals surface area (Å²) in [5.74, 6) is 0.784. The zero-order valence-electron chi connectivity index (χ0n) is 11.3. The number of hydrogen-bond donors (Lipinski definition) is 1. The third-order valence-corrected chi connectivity index (χ3v) is 4.66. The van der Waals surface area contributed by atoms with E-state index in [2.05, 4.69) is 21.6 Å². The predicted octanol–water partition coefficient (Wildman–Crippen LogP) is 1.98. The molecule has 6 nitrogen and oxygen atoms in total. The van der Waals surface area contributed by atoms with Crippen molar-refractivity contribution in [1.82, 2.24) is 4.98 Å². The van der Waals surface area contributed by atoms with E-state index in [0.717, 1.165) is 32.2 Å². The number of anilines is 1. The molecule has 20 heavy (non-hydrogen) atoms. The average molecular weight is 295 g/mol. The minimum absolute atomic E-state index is 0.0403. The molecule has 0 radical (unpaired) electrons. The normalized spacial score (nSPS) is 20.9. The fourth-order valence-electron chi connectivity index (χ4n) is 1.98. The van der Waals surface area contributed by atoms with E-state index in [9.17, 15) is 8.42 Å². The van der Waals surface area contributed by atoms with E-state index in [1.165, 1.54) is 12.3 Å². The first-order valence-electron chi connectivity index (χ1n) is 6.80. The van der Waals surface area contributed by atoms with Gasteiger partial charge in [-0.2, -0.15) is 17.8 Å². The monoisotopic (exact) mass is 295 g/mol. The first-order valence-corrected chi connectivity index (χ1v) is 8.24. The second-order valence-corrected chi connectivity index (χ2v) is 6.76. The van der Waals surface area contributed by atoms with Crippen molar-refractivity contribution in [3.05, 3.63) is 12.1 Å². The minimum atomic E-state index is -3.70. The fourth-order valence-corrected chi connectivity index (χ4v) is 2.98. The summed E-state index contributed by atoms with van der Waals surface area (Å²) in [5, 5.41) is 3.16. The zero-order valence-corrected chi connectivity index (χ0v) is 12.1. The first kappa shape index (κ1) is 13.4. The van der Waals surface area contributed by atoms with Gasteiger partial charge in [0.05, 0.1) is 6.21 Å². The summed E-state index contributed by atoms with van der Waals surface area (Å²) in [6.45, 7) is 2.91. The third kappa shape index (κ3) is 2.49. The van der Waals surface area contributed by atoms with Crippen LogP contribution in [0.1, 0.15) is 32.6 Å². The van der Waals surface area contributed by atoms with Crippen molar-refractivity contribution in [3.63, 3.8) is 0 Å². The second kappa shape index (κ2) is 4.73. The highest BCUT2D eigenvalue weighted by atomic mass is 32.2. The van der Waals surface area contributed by atoms with Gasteiger partial charge in [0.2, 0.25) is 5.88 Å². The Morgan fingerprint density at radius 2 is 2.20 bits per heavy atom. The molecule has 0 atom stereocenters. The van der Waals surface area contributed by atoms with Crippen molar-refractivity contribution < 1.29 is 13.2 Å². The van der Waals surface area contributed by atoms with Gasteiger partial charge in [-0.15, -0.1) is 0 Å². The molecule has 2 heterocycles. The number of pyridine rings is 1. The number of sulfonamides is 1. The summed E-state index contributed by atoms with van der Waals surface area (Å²) in [7, 11) is -3.70. The van der Waals surface area contributed by atoms with Gasteiger partial charge in [-0.3, -0.25) is 0 Å². The Morgan fingerprint density at radius 3 is 2.90 bits per heavy atom. The van der Waals surface area contributed by atoms with Gasteiger partial charge in [-0.1, -0.05) is 13.3 Å². The van der Waals surface area contributed by atoms with Crippen molar-refractivity contribution in [3.8, 4) is 5.88 Å². The number of unbranched alkanes of at least 4 members (excludes halogenated alkanes) is 1. The molecular formula is C13H17N3O3S. The van der Waals surface area contributed by atoms with E-state index in [4.69, 9.17) is 4.74 Å². The Kier molecular flexibility index (Phi) is 3.16. The molecule has 1 aliphatic carbocycles. The van der Waals surface area contributed by atoms with Gasteiger partial charge < -0.3 is 10.1 Å². The molecule has 0 aromatic carbocycles. The van der Waals surface area contributed by atoms with E-state index in [0.29, 0.717) is 5.82 Å². The van der Waals surface area contributed by atoms with Crippen LogP contribution in [0, 0.1) is 0 Å². The number of nitrogens with one attached hydrogen (secondary N) is 1. The Morgan fingerprint density at radius 1 is 1.40 bits per heavy atom. The molecular weight excluding hydrogens is 278 g/mol. The Balaban J connectivity index is 1.92. The molecule has 1 fully saturated rings. The minimum Gasteiger partial charge on any atom is -0.464 e. The molecule has 0 saturated heterocycles. The Labute approximate surface area is 118 Å². The number of nitrogens with zero attached hydrogens (tertiary/aromatic N) is 2. The smallest absolute Gasteiger partial charge is 0.287 e. The quantitative estimate of drug-likeness (QED) is 0.859. The molecule has 0 amide bonds. The maximum Gasteiger partial charge on any atom is 0.287 e. The lowest BCUT2D eigenvalue weighted by atomic mass is 10.3. The van der Waals surface area contributed by atoms with E-state index < -0.39 is 15.6 Å². The number of hydrogen-bond acceptors (Lipinski definition) is 5. The predicted molar refractivity (Wildman–Crippen MR) is 75.9 cm³/mol. The maximum absolute atomic E-state index is 12.0. The lowest BCUT2D eigenvalue weighted by Gasteiger charge is -2.13. The van der Waals surface area contributed by atoms with Crippen LogP contribution in [0.3, 0.4) is 0 Å². The lowest BCUT2D eigenvalue weighted by Crippen LogP contribution is -2.19. The molecule has 1 saturated carbocycles. The first-order chi connectivity index (χ1) is 9.55. The van der Waals surface area contributed by atoms with Crippen LogP contribution in [0.15, 0.2) is 21.4 Å². The molecule has 1 aromatic heterocycles. The molecule has 0 bridgehead atoms.